The predicted molar refractivity (Wildman–Crippen MR) is 41.6 cm³/mol. The van der Waals surface area contributed by atoms with Crippen molar-refractivity contribution in [2.75, 3.05) is 0 Å². The fourth-order valence-corrected chi connectivity index (χ4v) is 0.560. The lowest BCUT2D eigenvalue weighted by Gasteiger charge is -2.14. The summed E-state index contributed by atoms with van der Waals surface area (Å²) in [5, 5.41) is 0. The van der Waals surface area contributed by atoms with E-state index in [4.69, 9.17) is 0 Å². The minimum Gasteiger partial charge on any atom is -0.232 e. The maximum Gasteiger partial charge on any atom is 0.0179 e. The van der Waals surface area contributed by atoms with Crippen molar-refractivity contribution >= 4 is 19.0 Å². The molecule has 0 atom stereocenters. The Hall–Kier alpha value is 0.0200. The van der Waals surface area contributed by atoms with E-state index in [9.17, 15) is 0 Å². The molecule has 8 heavy (non-hydrogen) atoms. The number of rotatable bonds is 2. The number of hydrogen-bond donors (Lipinski definition) is 1. The molecule has 0 aliphatic heterocycles. The molecule has 0 saturated heterocycles. The lowest BCUT2D eigenvalue weighted by Crippen LogP contribution is -2.09. The molecule has 0 aromatic carbocycles. The minimum absolute atomic E-state index is 0.224. The van der Waals surface area contributed by atoms with E-state index in [-0.39, 0.29) is 5.41 Å². The van der Waals surface area contributed by atoms with Gasteiger partial charge in [-0.05, 0) is 19.2 Å². The molecule has 0 aliphatic carbocycles. The van der Waals surface area contributed by atoms with E-state index >= 15 is 0 Å². The van der Waals surface area contributed by atoms with Gasteiger partial charge < -0.3 is 0 Å². The van der Waals surface area contributed by atoms with Crippen molar-refractivity contribution in [1.82, 2.24) is 0 Å². The van der Waals surface area contributed by atoms with E-state index in [1.807, 2.05) is 6.21 Å². The van der Waals surface area contributed by atoms with Crippen LogP contribution in [0.15, 0.2) is 4.40 Å². The van der Waals surface area contributed by atoms with Crippen LogP contribution in [0, 0.1) is 5.41 Å². The number of hydrogen-bond acceptors (Lipinski definition) is 2. The SMILES string of the molecule is CCC(C)(C)C=NS. The second-order valence-electron chi connectivity index (χ2n) is 2.59. The molecule has 0 unspecified atom stereocenters. The molecule has 0 aromatic heterocycles. The molecule has 48 valence electrons. The summed E-state index contributed by atoms with van der Waals surface area (Å²) in [5.74, 6) is 0. The highest BCUT2D eigenvalue weighted by Gasteiger charge is 2.09. The molecule has 0 fully saturated rings. The average molecular weight is 131 g/mol. The Kier molecular flexibility index (Phi) is 3.13. The van der Waals surface area contributed by atoms with Crippen molar-refractivity contribution in [3.63, 3.8) is 0 Å². The van der Waals surface area contributed by atoms with Gasteiger partial charge in [-0.3, -0.25) is 0 Å². The summed E-state index contributed by atoms with van der Waals surface area (Å²) in [6.45, 7) is 6.40. The third kappa shape index (κ3) is 3.08. The average Bonchev–Trinajstić information content (AvgIpc) is 1.67. The summed E-state index contributed by atoms with van der Waals surface area (Å²) in [4.78, 5) is 0. The fraction of sp³-hybridized carbons (Fsp3) is 0.833. The quantitative estimate of drug-likeness (QED) is 0.436. The molecule has 0 amide bonds. The molecule has 0 saturated carbocycles. The molecule has 0 aromatic rings. The molecule has 0 aliphatic rings. The Labute approximate surface area is 56.7 Å². The van der Waals surface area contributed by atoms with Gasteiger partial charge in [0, 0.05) is 11.6 Å². The highest BCUT2D eigenvalue weighted by atomic mass is 32.1. The standard InChI is InChI=1S/C6H13NS/c1-4-6(2,3)5-7-8/h5,8H,4H2,1-3H3. The van der Waals surface area contributed by atoms with Crippen LogP contribution in [0.3, 0.4) is 0 Å². The van der Waals surface area contributed by atoms with Gasteiger partial charge in [-0.25, -0.2) is 4.40 Å². The Morgan fingerprint density at radius 1 is 1.62 bits per heavy atom. The van der Waals surface area contributed by atoms with Crippen LogP contribution in [0.5, 0.6) is 0 Å². The first-order valence-electron chi connectivity index (χ1n) is 2.81. The molecule has 0 bridgehead atoms. The van der Waals surface area contributed by atoms with E-state index in [1.165, 1.54) is 0 Å². The first-order chi connectivity index (χ1) is 3.62. The van der Waals surface area contributed by atoms with E-state index in [0.717, 1.165) is 6.42 Å². The first-order valence-corrected chi connectivity index (χ1v) is 3.21. The fourth-order valence-electron chi connectivity index (χ4n) is 0.248. The van der Waals surface area contributed by atoms with Crippen molar-refractivity contribution in [3.05, 3.63) is 0 Å². The zero-order chi connectivity index (χ0) is 6.62. The smallest absolute Gasteiger partial charge is 0.0179 e. The Morgan fingerprint density at radius 3 is 2.25 bits per heavy atom. The van der Waals surface area contributed by atoms with E-state index in [2.05, 4.69) is 38.0 Å². The van der Waals surface area contributed by atoms with Crippen LogP contribution in [0.4, 0.5) is 0 Å². The Morgan fingerprint density at radius 2 is 2.12 bits per heavy atom. The van der Waals surface area contributed by atoms with Crippen molar-refractivity contribution in [2.45, 2.75) is 27.2 Å². The number of nitrogens with zero attached hydrogens (tertiary/aromatic N) is 1. The van der Waals surface area contributed by atoms with E-state index in [0.29, 0.717) is 0 Å². The van der Waals surface area contributed by atoms with Gasteiger partial charge >= 0.3 is 0 Å². The summed E-state index contributed by atoms with van der Waals surface area (Å²) in [6.07, 6.45) is 2.97. The molecular formula is C6H13NS. The van der Waals surface area contributed by atoms with Gasteiger partial charge in [-0.2, -0.15) is 0 Å². The summed E-state index contributed by atoms with van der Waals surface area (Å²) in [7, 11) is 0. The van der Waals surface area contributed by atoms with Crippen LogP contribution in [0.1, 0.15) is 27.2 Å². The maximum atomic E-state index is 3.74. The molecule has 0 rings (SSSR count). The zero-order valence-corrected chi connectivity index (χ0v) is 6.57. The van der Waals surface area contributed by atoms with Crippen LogP contribution in [-0.2, 0) is 0 Å². The molecule has 0 heterocycles. The first kappa shape index (κ1) is 8.02. The highest BCUT2D eigenvalue weighted by molar-refractivity contribution is 7.78. The van der Waals surface area contributed by atoms with Gasteiger partial charge in [0.2, 0.25) is 0 Å². The van der Waals surface area contributed by atoms with E-state index < -0.39 is 0 Å². The summed E-state index contributed by atoms with van der Waals surface area (Å²) in [6, 6.07) is 0. The van der Waals surface area contributed by atoms with Gasteiger partial charge in [0.25, 0.3) is 0 Å². The van der Waals surface area contributed by atoms with Crippen LogP contribution >= 0.6 is 12.8 Å². The summed E-state index contributed by atoms with van der Waals surface area (Å²) < 4.78 is 3.65. The van der Waals surface area contributed by atoms with Crippen molar-refractivity contribution in [2.24, 2.45) is 9.81 Å². The molecule has 0 spiro atoms. The maximum absolute atomic E-state index is 3.74. The normalized spacial score (nSPS) is 13.0. The zero-order valence-electron chi connectivity index (χ0n) is 5.68. The molecule has 1 nitrogen and oxygen atoms in total. The molecule has 0 radical (unpaired) electrons. The lowest BCUT2D eigenvalue weighted by molar-refractivity contribution is 0.517. The van der Waals surface area contributed by atoms with Crippen LogP contribution in [0.25, 0.3) is 0 Å². The molecule has 0 N–H and O–H groups in total. The number of thiol groups is 1. The third-order valence-electron chi connectivity index (χ3n) is 1.32. The Balaban J connectivity index is 3.71. The molecule has 2 heteroatoms. The highest BCUT2D eigenvalue weighted by Crippen LogP contribution is 2.15. The van der Waals surface area contributed by atoms with Crippen LogP contribution < -0.4 is 0 Å². The van der Waals surface area contributed by atoms with Crippen LogP contribution in [-0.4, -0.2) is 6.21 Å². The van der Waals surface area contributed by atoms with Gasteiger partial charge in [0.15, 0.2) is 0 Å². The predicted octanol–water partition coefficient (Wildman–Crippen LogP) is 2.34. The van der Waals surface area contributed by atoms with Crippen molar-refractivity contribution in [3.8, 4) is 0 Å². The largest absolute Gasteiger partial charge is 0.232 e. The third-order valence-corrected chi connectivity index (χ3v) is 1.43. The molecular weight excluding hydrogens is 118 g/mol. The van der Waals surface area contributed by atoms with Gasteiger partial charge in [-0.1, -0.05) is 20.8 Å². The van der Waals surface area contributed by atoms with Gasteiger partial charge in [-0.15, -0.1) is 0 Å². The van der Waals surface area contributed by atoms with Crippen molar-refractivity contribution in [1.29, 1.82) is 0 Å². The second kappa shape index (κ2) is 3.13. The summed E-state index contributed by atoms with van der Waals surface area (Å²) >= 11 is 3.74. The minimum atomic E-state index is 0.224. The second-order valence-corrected chi connectivity index (χ2v) is 2.82. The Bertz CT molecular complexity index is 86.5. The lowest BCUT2D eigenvalue weighted by atomic mass is 9.92. The topological polar surface area (TPSA) is 12.4 Å². The van der Waals surface area contributed by atoms with Crippen LogP contribution in [0.2, 0.25) is 0 Å². The van der Waals surface area contributed by atoms with E-state index in [1.54, 1.807) is 0 Å². The van der Waals surface area contributed by atoms with Gasteiger partial charge in [0.05, 0.1) is 0 Å². The van der Waals surface area contributed by atoms with Crippen molar-refractivity contribution < 1.29 is 0 Å². The summed E-state index contributed by atoms with van der Waals surface area (Å²) in [5.41, 5.74) is 0.224. The monoisotopic (exact) mass is 131 g/mol. The van der Waals surface area contributed by atoms with Gasteiger partial charge in [0.1, 0.15) is 0 Å².